The summed E-state index contributed by atoms with van der Waals surface area (Å²) < 4.78 is 95.9. The zero-order chi connectivity index (χ0) is 22.6. The maximum absolute atomic E-state index is 13.8. The monoisotopic (exact) mass is 464 g/mol. The minimum Gasteiger partial charge on any atom is -0.406 e. The zero-order valence-electron chi connectivity index (χ0n) is 16.3. The van der Waals surface area contributed by atoms with Crippen LogP contribution in [0.2, 0.25) is 0 Å². The molecule has 3 rings (SSSR count). The molecule has 0 unspecified atom stereocenters. The van der Waals surface area contributed by atoms with Gasteiger partial charge < -0.3 is 4.74 Å². The van der Waals surface area contributed by atoms with Gasteiger partial charge in [0, 0.05) is 13.1 Å². The number of nitrogens with zero attached hydrogens (tertiary/aromatic N) is 1. The second-order valence-corrected chi connectivity index (χ2v) is 8.96. The molecule has 1 aliphatic rings. The largest absolute Gasteiger partial charge is 0.573 e. The Bertz CT molecular complexity index is 966. The van der Waals surface area contributed by atoms with Crippen LogP contribution in [-0.4, -0.2) is 45.5 Å². The van der Waals surface area contributed by atoms with Crippen molar-refractivity contribution in [2.24, 2.45) is 0 Å². The summed E-state index contributed by atoms with van der Waals surface area (Å²) in [7, 11) is -4.14. The molecule has 0 aromatic heterocycles. The summed E-state index contributed by atoms with van der Waals surface area (Å²) in [6.07, 6.45) is -4.84. The molecule has 2 atom stereocenters. The standard InChI is InChI=1S/C20H21F5N2O3S/c21-15-5-3-14(4-6-15)19(13-27-11-1-2-16(22)12-27)26-31(28,29)18-9-7-17(8-10-18)30-20(23,24)25/h3-10,16,19,26H,1-2,11-13H2/t16-,19-/m0/s1. The first-order valence-corrected chi connectivity index (χ1v) is 11.0. The van der Waals surface area contributed by atoms with Gasteiger partial charge in [0.15, 0.2) is 0 Å². The summed E-state index contributed by atoms with van der Waals surface area (Å²) in [6.45, 7) is 0.896. The Hall–Kier alpha value is -2.24. The topological polar surface area (TPSA) is 58.6 Å². The Kier molecular flexibility index (Phi) is 7.17. The minimum atomic E-state index is -4.89. The van der Waals surface area contributed by atoms with Gasteiger partial charge in [-0.3, -0.25) is 4.90 Å². The van der Waals surface area contributed by atoms with Crippen molar-refractivity contribution >= 4 is 10.0 Å². The molecule has 0 spiro atoms. The van der Waals surface area contributed by atoms with Crippen LogP contribution in [0.5, 0.6) is 5.75 Å². The molecule has 2 aromatic rings. The van der Waals surface area contributed by atoms with Crippen molar-refractivity contribution in [1.29, 1.82) is 0 Å². The maximum Gasteiger partial charge on any atom is 0.573 e. The van der Waals surface area contributed by atoms with Gasteiger partial charge in [-0.2, -0.15) is 0 Å². The maximum atomic E-state index is 13.8. The number of sulfonamides is 1. The van der Waals surface area contributed by atoms with E-state index in [0.29, 0.717) is 24.9 Å². The summed E-state index contributed by atoms with van der Waals surface area (Å²) in [6, 6.07) is 8.19. The van der Waals surface area contributed by atoms with Gasteiger partial charge in [0.25, 0.3) is 0 Å². The molecule has 1 fully saturated rings. The molecule has 0 bridgehead atoms. The summed E-state index contributed by atoms with van der Waals surface area (Å²) in [5.74, 6) is -1.05. The van der Waals surface area contributed by atoms with Crippen LogP contribution < -0.4 is 9.46 Å². The normalized spacial score (nSPS) is 19.2. The first-order chi connectivity index (χ1) is 14.5. The van der Waals surface area contributed by atoms with E-state index >= 15 is 0 Å². The number of benzene rings is 2. The van der Waals surface area contributed by atoms with Crippen molar-refractivity contribution in [2.45, 2.75) is 36.3 Å². The number of likely N-dealkylation sites (tertiary alicyclic amines) is 1. The van der Waals surface area contributed by atoms with E-state index in [1.54, 1.807) is 4.90 Å². The van der Waals surface area contributed by atoms with Crippen LogP contribution in [0.3, 0.4) is 0 Å². The summed E-state index contributed by atoms with van der Waals surface area (Å²) in [5, 5.41) is 0. The third-order valence-electron chi connectivity index (χ3n) is 4.83. The summed E-state index contributed by atoms with van der Waals surface area (Å²) >= 11 is 0. The van der Waals surface area contributed by atoms with Gasteiger partial charge in [0.05, 0.1) is 10.9 Å². The number of hydrogen-bond donors (Lipinski definition) is 1. The van der Waals surface area contributed by atoms with Crippen molar-refractivity contribution in [2.75, 3.05) is 19.6 Å². The van der Waals surface area contributed by atoms with Gasteiger partial charge in [-0.1, -0.05) is 12.1 Å². The van der Waals surface area contributed by atoms with Gasteiger partial charge in [0.2, 0.25) is 10.0 Å². The molecule has 0 amide bonds. The van der Waals surface area contributed by atoms with E-state index in [4.69, 9.17) is 0 Å². The molecule has 1 heterocycles. The highest BCUT2D eigenvalue weighted by Gasteiger charge is 2.31. The van der Waals surface area contributed by atoms with Crippen LogP contribution >= 0.6 is 0 Å². The van der Waals surface area contributed by atoms with Gasteiger partial charge in [-0.05, 0) is 61.3 Å². The Morgan fingerprint density at radius 3 is 2.32 bits per heavy atom. The lowest BCUT2D eigenvalue weighted by Gasteiger charge is -2.32. The number of alkyl halides is 4. The predicted octanol–water partition coefficient (Wildman–Crippen LogP) is 4.18. The Morgan fingerprint density at radius 2 is 1.74 bits per heavy atom. The van der Waals surface area contributed by atoms with Gasteiger partial charge in [-0.25, -0.2) is 21.9 Å². The average molecular weight is 464 g/mol. The van der Waals surface area contributed by atoms with E-state index in [1.165, 1.54) is 24.3 Å². The van der Waals surface area contributed by atoms with Crippen LogP contribution in [0.15, 0.2) is 53.4 Å². The van der Waals surface area contributed by atoms with Crippen LogP contribution in [0.1, 0.15) is 24.4 Å². The number of nitrogens with one attached hydrogen (secondary N) is 1. The third-order valence-corrected chi connectivity index (χ3v) is 6.31. The van der Waals surface area contributed by atoms with E-state index in [0.717, 1.165) is 24.3 Å². The molecule has 2 aromatic carbocycles. The summed E-state index contributed by atoms with van der Waals surface area (Å²) in [4.78, 5) is 1.52. The number of rotatable bonds is 7. The molecular formula is C20H21F5N2O3S. The lowest BCUT2D eigenvalue weighted by molar-refractivity contribution is -0.274. The van der Waals surface area contributed by atoms with Crippen molar-refractivity contribution in [3.8, 4) is 5.75 Å². The average Bonchev–Trinajstić information content (AvgIpc) is 2.67. The molecule has 1 N–H and O–H groups in total. The second-order valence-electron chi connectivity index (χ2n) is 7.24. The quantitative estimate of drug-likeness (QED) is 0.625. The van der Waals surface area contributed by atoms with Gasteiger partial charge in [-0.15, -0.1) is 13.2 Å². The Morgan fingerprint density at radius 1 is 1.10 bits per heavy atom. The van der Waals surface area contributed by atoms with Crippen LogP contribution in [0.25, 0.3) is 0 Å². The van der Waals surface area contributed by atoms with Crippen molar-refractivity contribution in [1.82, 2.24) is 9.62 Å². The molecule has 5 nitrogen and oxygen atoms in total. The van der Waals surface area contributed by atoms with Crippen molar-refractivity contribution in [3.63, 3.8) is 0 Å². The highest BCUT2D eigenvalue weighted by molar-refractivity contribution is 7.89. The molecule has 0 aliphatic carbocycles. The first-order valence-electron chi connectivity index (χ1n) is 9.52. The van der Waals surface area contributed by atoms with Crippen LogP contribution in [-0.2, 0) is 10.0 Å². The number of halogens is 5. The SMILES string of the molecule is O=S(=O)(N[C@@H](CN1CCC[C@H](F)C1)c1ccc(F)cc1)c1ccc(OC(F)(F)F)cc1. The number of hydrogen-bond acceptors (Lipinski definition) is 4. The smallest absolute Gasteiger partial charge is 0.406 e. The minimum absolute atomic E-state index is 0.153. The predicted molar refractivity (Wildman–Crippen MR) is 103 cm³/mol. The van der Waals surface area contributed by atoms with Gasteiger partial charge >= 0.3 is 6.36 Å². The fourth-order valence-electron chi connectivity index (χ4n) is 3.40. The summed E-state index contributed by atoms with van der Waals surface area (Å²) in [5.41, 5.74) is 0.475. The lowest BCUT2D eigenvalue weighted by atomic mass is 10.0. The molecule has 170 valence electrons. The first kappa shape index (κ1) is 23.4. The number of piperidine rings is 1. The van der Waals surface area contributed by atoms with E-state index in [2.05, 4.69) is 9.46 Å². The molecule has 31 heavy (non-hydrogen) atoms. The fraction of sp³-hybridized carbons (Fsp3) is 0.400. The molecule has 1 aliphatic heterocycles. The molecule has 11 heteroatoms. The van der Waals surface area contributed by atoms with E-state index in [1.807, 2.05) is 0 Å². The second kappa shape index (κ2) is 9.49. The third kappa shape index (κ3) is 6.88. The van der Waals surface area contributed by atoms with Gasteiger partial charge in [0.1, 0.15) is 17.7 Å². The molecule has 0 saturated carbocycles. The van der Waals surface area contributed by atoms with Crippen molar-refractivity contribution in [3.05, 3.63) is 59.9 Å². The Labute approximate surface area is 176 Å². The van der Waals surface area contributed by atoms with E-state index in [9.17, 15) is 30.4 Å². The van der Waals surface area contributed by atoms with Crippen molar-refractivity contribution < 1.29 is 35.1 Å². The van der Waals surface area contributed by atoms with Crippen LogP contribution in [0, 0.1) is 5.82 Å². The highest BCUT2D eigenvalue weighted by Crippen LogP contribution is 2.26. The van der Waals surface area contributed by atoms with E-state index < -0.39 is 40.2 Å². The molecular weight excluding hydrogens is 443 g/mol. The lowest BCUT2D eigenvalue weighted by Crippen LogP contribution is -2.43. The molecule has 0 radical (unpaired) electrons. The number of ether oxygens (including phenoxy) is 1. The Balaban J connectivity index is 1.80. The zero-order valence-corrected chi connectivity index (χ0v) is 17.1. The molecule has 1 saturated heterocycles. The van der Waals surface area contributed by atoms with Crippen LogP contribution in [0.4, 0.5) is 22.0 Å². The highest BCUT2D eigenvalue weighted by atomic mass is 32.2. The van der Waals surface area contributed by atoms with E-state index in [-0.39, 0.29) is 18.0 Å². The fourth-order valence-corrected chi connectivity index (χ4v) is 4.62.